The van der Waals surface area contributed by atoms with Crippen LogP contribution in [0.3, 0.4) is 0 Å². The van der Waals surface area contributed by atoms with E-state index in [1.165, 1.54) is 16.2 Å². The normalized spacial score (nSPS) is 13.5. The van der Waals surface area contributed by atoms with Crippen LogP contribution in [0.2, 0.25) is 0 Å². The Hall–Kier alpha value is -1.67. The monoisotopic (exact) mass is 439 g/mol. The average Bonchev–Trinajstić information content (AvgIpc) is 3.15. The lowest BCUT2D eigenvalue weighted by atomic mass is 9.95. The number of aromatic nitrogens is 2. The molecular weight excluding hydrogens is 418 g/mol. The van der Waals surface area contributed by atoms with Gasteiger partial charge in [-0.05, 0) is 61.0 Å². The molecule has 1 aliphatic rings. The molecule has 0 radical (unpaired) electrons. The Morgan fingerprint density at radius 3 is 2.85 bits per heavy atom. The highest BCUT2D eigenvalue weighted by molar-refractivity contribution is 9.10. The minimum absolute atomic E-state index is 0.131. The number of amides is 1. The number of thiophene rings is 1. The molecule has 2 heterocycles. The second-order valence-corrected chi connectivity index (χ2v) is 8.61. The number of ether oxygens (including phenoxy) is 1. The van der Waals surface area contributed by atoms with Gasteiger partial charge in [0.05, 0.1) is 22.3 Å². The van der Waals surface area contributed by atoms with Gasteiger partial charge < -0.3 is 10.1 Å². The van der Waals surface area contributed by atoms with Gasteiger partial charge >= 0.3 is 5.97 Å². The molecule has 0 fully saturated rings. The highest BCUT2D eigenvalue weighted by atomic mass is 79.9. The summed E-state index contributed by atoms with van der Waals surface area (Å²) in [6.45, 7) is 4.14. The van der Waals surface area contributed by atoms with Crippen LogP contribution in [0, 0.1) is 0 Å². The maximum absolute atomic E-state index is 12.6. The number of hydrogen-bond donors (Lipinski definition) is 1. The molecule has 0 aliphatic heterocycles. The molecule has 0 saturated carbocycles. The van der Waals surface area contributed by atoms with Gasteiger partial charge in [0.2, 0.25) is 5.91 Å². The lowest BCUT2D eigenvalue weighted by molar-refractivity contribution is -0.116. The van der Waals surface area contributed by atoms with Crippen LogP contribution < -0.4 is 5.32 Å². The van der Waals surface area contributed by atoms with E-state index in [0.717, 1.165) is 35.7 Å². The van der Waals surface area contributed by atoms with Crippen molar-refractivity contribution >= 4 is 44.1 Å². The first kappa shape index (κ1) is 19.1. The van der Waals surface area contributed by atoms with Gasteiger partial charge in [-0.3, -0.25) is 9.48 Å². The van der Waals surface area contributed by atoms with E-state index in [1.54, 1.807) is 10.9 Å². The van der Waals surface area contributed by atoms with Crippen molar-refractivity contribution in [3.8, 4) is 0 Å². The van der Waals surface area contributed by atoms with Crippen LogP contribution in [0.1, 0.15) is 53.9 Å². The van der Waals surface area contributed by atoms with Crippen molar-refractivity contribution in [2.75, 3.05) is 5.32 Å². The van der Waals surface area contributed by atoms with Crippen LogP contribution >= 0.6 is 27.3 Å². The van der Waals surface area contributed by atoms with Gasteiger partial charge in [-0.25, -0.2) is 4.79 Å². The zero-order chi connectivity index (χ0) is 18.7. The van der Waals surface area contributed by atoms with E-state index in [4.69, 9.17) is 4.74 Å². The third-order valence-electron chi connectivity index (χ3n) is 4.14. The van der Waals surface area contributed by atoms with E-state index in [9.17, 15) is 9.59 Å². The zero-order valence-electron chi connectivity index (χ0n) is 14.9. The highest BCUT2D eigenvalue weighted by Gasteiger charge is 2.27. The van der Waals surface area contributed by atoms with Gasteiger partial charge in [0.1, 0.15) is 5.00 Å². The Balaban J connectivity index is 1.74. The van der Waals surface area contributed by atoms with Crippen molar-refractivity contribution in [2.24, 2.45) is 0 Å². The minimum Gasteiger partial charge on any atom is -0.459 e. The summed E-state index contributed by atoms with van der Waals surface area (Å²) < 4.78 is 7.99. The van der Waals surface area contributed by atoms with E-state index in [1.807, 2.05) is 20.0 Å². The maximum Gasteiger partial charge on any atom is 0.341 e. The number of esters is 1. The van der Waals surface area contributed by atoms with Crippen LogP contribution in [0.5, 0.6) is 0 Å². The fourth-order valence-corrected chi connectivity index (χ4v) is 4.63. The summed E-state index contributed by atoms with van der Waals surface area (Å²) >= 11 is 4.85. The highest BCUT2D eigenvalue weighted by Crippen LogP contribution is 2.38. The van der Waals surface area contributed by atoms with Gasteiger partial charge in [-0.15, -0.1) is 11.3 Å². The van der Waals surface area contributed by atoms with Crippen molar-refractivity contribution in [2.45, 2.75) is 58.6 Å². The molecule has 2 aromatic heterocycles. The molecule has 1 amide bonds. The molecule has 140 valence electrons. The van der Waals surface area contributed by atoms with Crippen LogP contribution in [0.4, 0.5) is 5.00 Å². The summed E-state index contributed by atoms with van der Waals surface area (Å²) in [6.07, 6.45) is 7.61. The van der Waals surface area contributed by atoms with Gasteiger partial charge in [0.15, 0.2) is 0 Å². The van der Waals surface area contributed by atoms with Crippen LogP contribution in [0.15, 0.2) is 16.9 Å². The standard InChI is InChI=1S/C18H22BrN3O3S/c1-11(2)25-18(24)16-13-5-3-4-6-14(13)26-17(16)21-15(23)7-8-22-10-12(19)9-20-22/h9-11H,3-8H2,1-2H3,(H,21,23). The number of halogens is 1. The maximum atomic E-state index is 12.6. The Bertz CT molecular complexity index is 813. The van der Waals surface area contributed by atoms with E-state index in [0.29, 0.717) is 17.1 Å². The van der Waals surface area contributed by atoms with Crippen molar-refractivity contribution < 1.29 is 14.3 Å². The number of anilines is 1. The van der Waals surface area contributed by atoms with E-state index >= 15 is 0 Å². The second-order valence-electron chi connectivity index (χ2n) is 6.59. The molecule has 0 atom stereocenters. The van der Waals surface area contributed by atoms with Crippen LogP contribution in [0.25, 0.3) is 0 Å². The molecule has 26 heavy (non-hydrogen) atoms. The summed E-state index contributed by atoms with van der Waals surface area (Å²) in [5.74, 6) is -0.473. The first-order valence-electron chi connectivity index (χ1n) is 8.77. The second kappa shape index (κ2) is 8.35. The quantitative estimate of drug-likeness (QED) is 0.684. The van der Waals surface area contributed by atoms with Crippen molar-refractivity contribution in [1.82, 2.24) is 9.78 Å². The Kier molecular flexibility index (Phi) is 6.13. The lowest BCUT2D eigenvalue weighted by Crippen LogP contribution is -2.18. The van der Waals surface area contributed by atoms with Crippen molar-refractivity contribution in [3.63, 3.8) is 0 Å². The summed E-state index contributed by atoms with van der Waals surface area (Å²) in [4.78, 5) is 26.2. The number of hydrogen-bond acceptors (Lipinski definition) is 5. The molecule has 6 nitrogen and oxygen atoms in total. The molecule has 0 unspecified atom stereocenters. The Morgan fingerprint density at radius 1 is 1.38 bits per heavy atom. The molecule has 8 heteroatoms. The predicted molar refractivity (Wildman–Crippen MR) is 105 cm³/mol. The molecule has 0 aromatic carbocycles. The number of carbonyl (C=O) groups excluding carboxylic acids is 2. The smallest absolute Gasteiger partial charge is 0.341 e. The molecule has 0 bridgehead atoms. The average molecular weight is 440 g/mol. The minimum atomic E-state index is -0.342. The van der Waals surface area contributed by atoms with Gasteiger partial charge in [-0.2, -0.15) is 5.10 Å². The van der Waals surface area contributed by atoms with E-state index in [2.05, 4.69) is 26.3 Å². The number of fused-ring (bicyclic) bond motifs is 1. The molecule has 0 spiro atoms. The van der Waals surface area contributed by atoms with Gasteiger partial charge in [0, 0.05) is 24.0 Å². The van der Waals surface area contributed by atoms with E-state index in [-0.39, 0.29) is 24.4 Å². The van der Waals surface area contributed by atoms with Gasteiger partial charge in [-0.1, -0.05) is 0 Å². The Morgan fingerprint density at radius 2 is 2.15 bits per heavy atom. The summed E-state index contributed by atoms with van der Waals surface area (Å²) in [5, 5.41) is 7.69. The molecule has 1 aliphatic carbocycles. The third kappa shape index (κ3) is 4.54. The first-order valence-corrected chi connectivity index (χ1v) is 10.4. The van der Waals surface area contributed by atoms with Crippen LogP contribution in [-0.4, -0.2) is 27.8 Å². The fourth-order valence-electron chi connectivity index (χ4n) is 3.01. The van der Waals surface area contributed by atoms with Crippen molar-refractivity contribution in [3.05, 3.63) is 32.9 Å². The van der Waals surface area contributed by atoms with Crippen molar-refractivity contribution in [1.29, 1.82) is 0 Å². The molecule has 3 rings (SSSR count). The van der Waals surface area contributed by atoms with Crippen LogP contribution in [-0.2, 0) is 28.9 Å². The summed E-state index contributed by atoms with van der Waals surface area (Å²) in [7, 11) is 0. The lowest BCUT2D eigenvalue weighted by Gasteiger charge is -2.14. The number of rotatable bonds is 6. The third-order valence-corrected chi connectivity index (χ3v) is 5.76. The molecule has 1 N–H and O–H groups in total. The molecule has 2 aromatic rings. The predicted octanol–water partition coefficient (Wildman–Crippen LogP) is 4.18. The summed E-state index contributed by atoms with van der Waals surface area (Å²) in [6, 6.07) is 0. The Labute approximate surface area is 165 Å². The topological polar surface area (TPSA) is 73.2 Å². The fraction of sp³-hybridized carbons (Fsp3) is 0.500. The number of nitrogens with zero attached hydrogens (tertiary/aromatic N) is 2. The number of nitrogens with one attached hydrogen (secondary N) is 1. The van der Waals surface area contributed by atoms with Gasteiger partial charge in [0.25, 0.3) is 0 Å². The number of aryl methyl sites for hydroxylation is 2. The molecule has 0 saturated heterocycles. The summed E-state index contributed by atoms with van der Waals surface area (Å²) in [5.41, 5.74) is 1.60. The number of carbonyl (C=O) groups is 2. The van der Waals surface area contributed by atoms with E-state index < -0.39 is 0 Å². The SMILES string of the molecule is CC(C)OC(=O)c1c(NC(=O)CCn2cc(Br)cn2)sc2c1CCCC2. The first-order chi connectivity index (χ1) is 12.4. The molecular formula is C18H22BrN3O3S. The largest absolute Gasteiger partial charge is 0.459 e. The zero-order valence-corrected chi connectivity index (χ0v) is 17.3.